The van der Waals surface area contributed by atoms with Gasteiger partial charge in [-0.15, -0.1) is 0 Å². The van der Waals surface area contributed by atoms with E-state index in [4.69, 9.17) is 0 Å². The number of carboxylic acids is 1. The molecule has 2 aliphatic carbocycles. The van der Waals surface area contributed by atoms with Crippen LogP contribution in [0.1, 0.15) is 62.0 Å². The van der Waals surface area contributed by atoms with E-state index in [-0.39, 0.29) is 11.8 Å². The smallest absolute Gasteiger partial charge is 0.307 e. The van der Waals surface area contributed by atoms with Crippen molar-refractivity contribution in [3.63, 3.8) is 0 Å². The fourth-order valence-electron chi connectivity index (χ4n) is 3.21. The standard InChI is InChI=1S/C14H19N3O2/c18-14(19)11-8-4-3-7-10(11)13-15-12(16-17-13)9-5-1-2-6-9/h3-4,9-11H,1-2,5-8H2,(H,18,19)(H,15,16,17). The normalized spacial score (nSPS) is 27.8. The van der Waals surface area contributed by atoms with Crippen LogP contribution in [0, 0.1) is 5.92 Å². The maximum absolute atomic E-state index is 11.3. The summed E-state index contributed by atoms with van der Waals surface area (Å²) in [7, 11) is 0. The van der Waals surface area contributed by atoms with Gasteiger partial charge in [0.15, 0.2) is 5.82 Å². The number of aliphatic carboxylic acids is 1. The molecule has 1 aromatic heterocycles. The molecule has 0 spiro atoms. The lowest BCUT2D eigenvalue weighted by molar-refractivity contribution is -0.142. The Morgan fingerprint density at radius 3 is 2.74 bits per heavy atom. The Morgan fingerprint density at radius 2 is 2.00 bits per heavy atom. The predicted molar refractivity (Wildman–Crippen MR) is 69.8 cm³/mol. The van der Waals surface area contributed by atoms with E-state index in [0.717, 1.165) is 30.9 Å². The second-order valence-electron chi connectivity index (χ2n) is 5.55. The first kappa shape index (κ1) is 12.4. The van der Waals surface area contributed by atoms with Crippen LogP contribution in [0.4, 0.5) is 0 Å². The molecular weight excluding hydrogens is 242 g/mol. The van der Waals surface area contributed by atoms with Gasteiger partial charge in [0.2, 0.25) is 0 Å². The first-order chi connectivity index (χ1) is 9.25. The van der Waals surface area contributed by atoms with E-state index in [0.29, 0.717) is 12.3 Å². The molecule has 19 heavy (non-hydrogen) atoms. The highest BCUT2D eigenvalue weighted by Crippen LogP contribution is 2.36. The first-order valence-electron chi connectivity index (χ1n) is 7.05. The molecule has 3 rings (SSSR count). The minimum Gasteiger partial charge on any atom is -0.481 e. The van der Waals surface area contributed by atoms with Gasteiger partial charge < -0.3 is 5.11 Å². The largest absolute Gasteiger partial charge is 0.481 e. The molecular formula is C14H19N3O2. The molecule has 0 amide bonds. The SMILES string of the molecule is O=C(O)C1CC=CCC1c1nc(C2CCCC2)n[nH]1. The predicted octanol–water partition coefficient (Wildman–Crippen LogP) is 2.60. The maximum Gasteiger partial charge on any atom is 0.307 e. The summed E-state index contributed by atoms with van der Waals surface area (Å²) < 4.78 is 0. The zero-order valence-corrected chi connectivity index (χ0v) is 10.9. The zero-order chi connectivity index (χ0) is 13.2. The van der Waals surface area contributed by atoms with Crippen molar-refractivity contribution in [3.8, 4) is 0 Å². The lowest BCUT2D eigenvalue weighted by Crippen LogP contribution is -2.24. The summed E-state index contributed by atoms with van der Waals surface area (Å²) in [5.74, 6) is 0.907. The highest BCUT2D eigenvalue weighted by molar-refractivity contribution is 5.71. The molecule has 0 saturated heterocycles. The summed E-state index contributed by atoms with van der Waals surface area (Å²) in [5, 5.41) is 16.6. The number of nitrogens with one attached hydrogen (secondary N) is 1. The number of carboxylic acid groups (broad SMARTS) is 1. The van der Waals surface area contributed by atoms with Crippen molar-refractivity contribution in [1.29, 1.82) is 0 Å². The summed E-state index contributed by atoms with van der Waals surface area (Å²) in [6.07, 6.45) is 10.1. The number of aromatic nitrogens is 3. The van der Waals surface area contributed by atoms with Crippen LogP contribution >= 0.6 is 0 Å². The number of nitrogens with zero attached hydrogens (tertiary/aromatic N) is 2. The summed E-state index contributed by atoms with van der Waals surface area (Å²) in [6.45, 7) is 0. The second-order valence-corrected chi connectivity index (χ2v) is 5.55. The Kier molecular flexibility index (Phi) is 3.36. The molecule has 5 heteroatoms. The number of aromatic amines is 1. The van der Waals surface area contributed by atoms with Crippen molar-refractivity contribution >= 4 is 5.97 Å². The molecule has 0 aliphatic heterocycles. The summed E-state index contributed by atoms with van der Waals surface area (Å²) in [5.41, 5.74) is 0. The molecule has 0 bridgehead atoms. The van der Waals surface area contributed by atoms with Gasteiger partial charge in [0.05, 0.1) is 5.92 Å². The molecule has 1 heterocycles. The van der Waals surface area contributed by atoms with Gasteiger partial charge in [0, 0.05) is 11.8 Å². The number of rotatable bonds is 3. The minimum absolute atomic E-state index is 0.0647. The molecule has 0 radical (unpaired) electrons. The third-order valence-corrected chi connectivity index (χ3v) is 4.34. The van der Waals surface area contributed by atoms with Crippen LogP contribution in [0.15, 0.2) is 12.2 Å². The van der Waals surface area contributed by atoms with Gasteiger partial charge in [-0.25, -0.2) is 4.98 Å². The highest BCUT2D eigenvalue weighted by Gasteiger charge is 2.33. The number of H-pyrrole nitrogens is 1. The van der Waals surface area contributed by atoms with Gasteiger partial charge in [-0.2, -0.15) is 5.10 Å². The van der Waals surface area contributed by atoms with Crippen molar-refractivity contribution in [3.05, 3.63) is 23.8 Å². The fourth-order valence-corrected chi connectivity index (χ4v) is 3.21. The molecule has 1 saturated carbocycles. The second kappa shape index (κ2) is 5.15. The molecule has 2 atom stereocenters. The van der Waals surface area contributed by atoms with Crippen LogP contribution in [0.5, 0.6) is 0 Å². The lowest BCUT2D eigenvalue weighted by Gasteiger charge is -2.22. The van der Waals surface area contributed by atoms with E-state index in [1.807, 2.05) is 12.2 Å². The number of allylic oxidation sites excluding steroid dienone is 2. The van der Waals surface area contributed by atoms with Gasteiger partial charge in [0.25, 0.3) is 0 Å². The van der Waals surface area contributed by atoms with Crippen LogP contribution in [-0.4, -0.2) is 26.3 Å². The maximum atomic E-state index is 11.3. The summed E-state index contributed by atoms with van der Waals surface area (Å²) >= 11 is 0. The average Bonchev–Trinajstić information content (AvgIpc) is 3.09. The molecule has 5 nitrogen and oxygen atoms in total. The molecule has 0 aromatic carbocycles. The van der Waals surface area contributed by atoms with Crippen LogP contribution in [0.3, 0.4) is 0 Å². The average molecular weight is 261 g/mol. The monoisotopic (exact) mass is 261 g/mol. The van der Waals surface area contributed by atoms with E-state index in [1.54, 1.807) is 0 Å². The van der Waals surface area contributed by atoms with Crippen molar-refractivity contribution in [2.24, 2.45) is 5.92 Å². The number of hydrogen-bond acceptors (Lipinski definition) is 3. The molecule has 2 unspecified atom stereocenters. The molecule has 102 valence electrons. The fraction of sp³-hybridized carbons (Fsp3) is 0.643. The van der Waals surface area contributed by atoms with E-state index in [1.165, 1.54) is 12.8 Å². The van der Waals surface area contributed by atoms with E-state index < -0.39 is 5.97 Å². The van der Waals surface area contributed by atoms with Crippen LogP contribution in [0.2, 0.25) is 0 Å². The minimum atomic E-state index is -0.742. The van der Waals surface area contributed by atoms with Crippen molar-refractivity contribution in [1.82, 2.24) is 15.2 Å². The van der Waals surface area contributed by atoms with Gasteiger partial charge in [0.1, 0.15) is 5.82 Å². The van der Waals surface area contributed by atoms with Gasteiger partial charge in [-0.3, -0.25) is 9.89 Å². The lowest BCUT2D eigenvalue weighted by atomic mass is 9.82. The van der Waals surface area contributed by atoms with E-state index in [2.05, 4.69) is 15.2 Å². The topological polar surface area (TPSA) is 78.9 Å². The van der Waals surface area contributed by atoms with Gasteiger partial charge in [-0.05, 0) is 25.7 Å². The Balaban J connectivity index is 1.80. The van der Waals surface area contributed by atoms with Gasteiger partial charge >= 0.3 is 5.97 Å². The Morgan fingerprint density at radius 1 is 1.26 bits per heavy atom. The molecule has 2 N–H and O–H groups in total. The van der Waals surface area contributed by atoms with E-state index in [9.17, 15) is 9.90 Å². The summed E-state index contributed by atoms with van der Waals surface area (Å²) in [6, 6.07) is 0. The van der Waals surface area contributed by atoms with Gasteiger partial charge in [-0.1, -0.05) is 25.0 Å². The van der Waals surface area contributed by atoms with Crippen molar-refractivity contribution in [2.45, 2.75) is 50.4 Å². The molecule has 1 aromatic rings. The van der Waals surface area contributed by atoms with Crippen LogP contribution in [-0.2, 0) is 4.79 Å². The molecule has 2 aliphatic rings. The molecule has 1 fully saturated rings. The summed E-state index contributed by atoms with van der Waals surface area (Å²) in [4.78, 5) is 15.9. The third kappa shape index (κ3) is 2.41. The number of hydrogen-bond donors (Lipinski definition) is 2. The highest BCUT2D eigenvalue weighted by atomic mass is 16.4. The van der Waals surface area contributed by atoms with Crippen molar-refractivity contribution < 1.29 is 9.90 Å². The van der Waals surface area contributed by atoms with Crippen LogP contribution < -0.4 is 0 Å². The Labute approximate surface area is 112 Å². The van der Waals surface area contributed by atoms with Crippen LogP contribution in [0.25, 0.3) is 0 Å². The first-order valence-corrected chi connectivity index (χ1v) is 7.05. The Bertz CT molecular complexity index is 489. The zero-order valence-electron chi connectivity index (χ0n) is 10.9. The third-order valence-electron chi connectivity index (χ3n) is 4.34. The Hall–Kier alpha value is -1.65. The quantitative estimate of drug-likeness (QED) is 0.820. The van der Waals surface area contributed by atoms with E-state index >= 15 is 0 Å². The number of carbonyl (C=O) groups is 1. The van der Waals surface area contributed by atoms with Crippen molar-refractivity contribution in [2.75, 3.05) is 0 Å².